The predicted molar refractivity (Wildman–Crippen MR) is 79.7 cm³/mol. The molecule has 1 aliphatic rings. The molecule has 1 aromatic carbocycles. The molecule has 104 valence electrons. The standard InChI is InChI=1S/C15H19N5/c16-19-15(18-13-6-4-5-7-13)12-10-17-20(11-12)14-8-2-1-3-9-14/h1-3,8-11,13H,4-7,16H2,(H,18,19). The number of hydrazine groups is 1. The van der Waals surface area contributed by atoms with Crippen molar-refractivity contribution in [2.45, 2.75) is 31.7 Å². The maximum absolute atomic E-state index is 5.61. The fraction of sp³-hybridized carbons (Fsp3) is 0.333. The number of hydrogen-bond acceptors (Lipinski definition) is 3. The molecular formula is C15H19N5. The van der Waals surface area contributed by atoms with Gasteiger partial charge in [-0.05, 0) is 25.0 Å². The first-order chi connectivity index (χ1) is 9.86. The van der Waals surface area contributed by atoms with Crippen LogP contribution < -0.4 is 11.3 Å². The van der Waals surface area contributed by atoms with E-state index in [1.54, 1.807) is 6.20 Å². The van der Waals surface area contributed by atoms with Crippen LogP contribution in [0.3, 0.4) is 0 Å². The van der Waals surface area contributed by atoms with Gasteiger partial charge in [0.1, 0.15) is 5.84 Å². The van der Waals surface area contributed by atoms with E-state index in [1.807, 2.05) is 41.2 Å². The van der Waals surface area contributed by atoms with Gasteiger partial charge in [-0.25, -0.2) is 10.5 Å². The van der Waals surface area contributed by atoms with E-state index in [9.17, 15) is 0 Å². The molecule has 1 heterocycles. The van der Waals surface area contributed by atoms with Gasteiger partial charge in [-0.2, -0.15) is 5.10 Å². The number of nitrogens with two attached hydrogens (primary N) is 1. The molecular weight excluding hydrogens is 250 g/mol. The van der Waals surface area contributed by atoms with Crippen molar-refractivity contribution < 1.29 is 0 Å². The Morgan fingerprint density at radius 2 is 2.00 bits per heavy atom. The number of amidine groups is 1. The molecule has 5 nitrogen and oxygen atoms in total. The average molecular weight is 269 g/mol. The van der Waals surface area contributed by atoms with Crippen LogP contribution in [-0.2, 0) is 0 Å². The second-order valence-electron chi connectivity index (χ2n) is 5.07. The zero-order valence-electron chi connectivity index (χ0n) is 11.4. The van der Waals surface area contributed by atoms with Crippen molar-refractivity contribution in [3.63, 3.8) is 0 Å². The minimum atomic E-state index is 0.390. The summed E-state index contributed by atoms with van der Waals surface area (Å²) in [5, 5.41) is 4.37. The van der Waals surface area contributed by atoms with Crippen LogP contribution in [0.5, 0.6) is 0 Å². The van der Waals surface area contributed by atoms with Gasteiger partial charge < -0.3 is 5.43 Å². The lowest BCUT2D eigenvalue weighted by Crippen LogP contribution is -2.32. The van der Waals surface area contributed by atoms with Gasteiger partial charge in [0.2, 0.25) is 0 Å². The Balaban J connectivity index is 1.84. The molecule has 0 unspecified atom stereocenters. The van der Waals surface area contributed by atoms with Crippen molar-refractivity contribution in [3.05, 3.63) is 48.3 Å². The third-order valence-electron chi connectivity index (χ3n) is 3.65. The smallest absolute Gasteiger partial charge is 0.146 e. The molecule has 3 N–H and O–H groups in total. The van der Waals surface area contributed by atoms with E-state index in [2.05, 4.69) is 10.5 Å². The van der Waals surface area contributed by atoms with Gasteiger partial charge in [-0.15, -0.1) is 0 Å². The summed E-state index contributed by atoms with van der Waals surface area (Å²) in [7, 11) is 0. The zero-order valence-corrected chi connectivity index (χ0v) is 11.4. The number of aromatic nitrogens is 2. The summed E-state index contributed by atoms with van der Waals surface area (Å²) in [5.74, 6) is 6.33. The highest BCUT2D eigenvalue weighted by Gasteiger charge is 2.15. The first-order valence-corrected chi connectivity index (χ1v) is 7.02. The van der Waals surface area contributed by atoms with Crippen LogP contribution in [0.4, 0.5) is 0 Å². The molecule has 20 heavy (non-hydrogen) atoms. The Kier molecular flexibility index (Phi) is 3.78. The molecule has 0 saturated heterocycles. The molecule has 1 fully saturated rings. The van der Waals surface area contributed by atoms with Crippen LogP contribution >= 0.6 is 0 Å². The maximum Gasteiger partial charge on any atom is 0.146 e. The monoisotopic (exact) mass is 269 g/mol. The number of hydrogen-bond donors (Lipinski definition) is 2. The lowest BCUT2D eigenvalue weighted by Gasteiger charge is -2.07. The van der Waals surface area contributed by atoms with Crippen molar-refractivity contribution in [2.24, 2.45) is 10.8 Å². The normalized spacial score (nSPS) is 16.6. The summed E-state index contributed by atoms with van der Waals surface area (Å²) in [5.41, 5.74) is 4.65. The lowest BCUT2D eigenvalue weighted by atomic mass is 10.2. The molecule has 0 spiro atoms. The van der Waals surface area contributed by atoms with Crippen LogP contribution in [0.2, 0.25) is 0 Å². The summed E-state index contributed by atoms with van der Waals surface area (Å²) in [6.45, 7) is 0. The topological polar surface area (TPSA) is 68.2 Å². The van der Waals surface area contributed by atoms with Gasteiger partial charge in [0.05, 0.1) is 23.5 Å². The molecule has 0 atom stereocenters. The van der Waals surface area contributed by atoms with E-state index < -0.39 is 0 Å². The largest absolute Gasteiger partial charge is 0.308 e. The SMILES string of the molecule is NNC(=NC1CCCC1)c1cnn(-c2ccccc2)c1. The average Bonchev–Trinajstić information content (AvgIpc) is 3.17. The molecule has 0 radical (unpaired) electrons. The number of nitrogens with one attached hydrogen (secondary N) is 1. The Hall–Kier alpha value is -2.14. The second-order valence-corrected chi connectivity index (χ2v) is 5.07. The lowest BCUT2D eigenvalue weighted by molar-refractivity contribution is 0.701. The van der Waals surface area contributed by atoms with Crippen LogP contribution in [0.25, 0.3) is 5.69 Å². The number of para-hydroxylation sites is 1. The molecule has 2 aromatic rings. The number of aliphatic imine (C=N–C) groups is 1. The van der Waals surface area contributed by atoms with Crippen LogP contribution in [0.15, 0.2) is 47.7 Å². The summed E-state index contributed by atoms with van der Waals surface area (Å²) >= 11 is 0. The van der Waals surface area contributed by atoms with Crippen molar-refractivity contribution in [3.8, 4) is 5.69 Å². The minimum absolute atomic E-state index is 0.390. The molecule has 0 bridgehead atoms. The van der Waals surface area contributed by atoms with Gasteiger partial charge in [-0.3, -0.25) is 4.99 Å². The van der Waals surface area contributed by atoms with E-state index in [-0.39, 0.29) is 0 Å². The molecule has 1 saturated carbocycles. The van der Waals surface area contributed by atoms with Gasteiger partial charge >= 0.3 is 0 Å². The molecule has 0 aliphatic heterocycles. The molecule has 3 rings (SSSR count). The summed E-state index contributed by atoms with van der Waals surface area (Å²) < 4.78 is 1.83. The fourth-order valence-electron chi connectivity index (χ4n) is 2.58. The van der Waals surface area contributed by atoms with Crippen LogP contribution in [-0.4, -0.2) is 21.7 Å². The highest BCUT2D eigenvalue weighted by Crippen LogP contribution is 2.21. The highest BCUT2D eigenvalue weighted by molar-refractivity contribution is 5.98. The summed E-state index contributed by atoms with van der Waals surface area (Å²) in [6.07, 6.45) is 8.56. The van der Waals surface area contributed by atoms with Gasteiger partial charge in [-0.1, -0.05) is 31.0 Å². The molecule has 1 aromatic heterocycles. The van der Waals surface area contributed by atoms with E-state index in [4.69, 9.17) is 10.8 Å². The first-order valence-electron chi connectivity index (χ1n) is 7.02. The third-order valence-corrected chi connectivity index (χ3v) is 3.65. The Morgan fingerprint density at radius 3 is 2.70 bits per heavy atom. The quantitative estimate of drug-likeness (QED) is 0.388. The molecule has 1 aliphatic carbocycles. The van der Waals surface area contributed by atoms with Crippen molar-refractivity contribution in [2.75, 3.05) is 0 Å². The number of rotatable bonds is 3. The predicted octanol–water partition coefficient (Wildman–Crippen LogP) is 2.02. The maximum atomic E-state index is 5.61. The minimum Gasteiger partial charge on any atom is -0.308 e. The number of nitrogens with zero attached hydrogens (tertiary/aromatic N) is 3. The second kappa shape index (κ2) is 5.88. The third kappa shape index (κ3) is 2.72. The Labute approximate surface area is 118 Å². The highest BCUT2D eigenvalue weighted by atomic mass is 15.3. The van der Waals surface area contributed by atoms with Gasteiger partial charge in [0.15, 0.2) is 0 Å². The number of benzene rings is 1. The van der Waals surface area contributed by atoms with E-state index >= 15 is 0 Å². The van der Waals surface area contributed by atoms with E-state index in [0.29, 0.717) is 6.04 Å². The van der Waals surface area contributed by atoms with Crippen molar-refractivity contribution >= 4 is 5.84 Å². The summed E-state index contributed by atoms with van der Waals surface area (Å²) in [4.78, 5) is 4.70. The summed E-state index contributed by atoms with van der Waals surface area (Å²) in [6, 6.07) is 10.4. The Morgan fingerprint density at radius 1 is 1.25 bits per heavy atom. The van der Waals surface area contributed by atoms with E-state index in [0.717, 1.165) is 29.9 Å². The fourth-order valence-corrected chi connectivity index (χ4v) is 2.58. The van der Waals surface area contributed by atoms with Crippen molar-refractivity contribution in [1.82, 2.24) is 15.2 Å². The molecule has 5 heteroatoms. The molecule has 0 amide bonds. The van der Waals surface area contributed by atoms with Gasteiger partial charge in [0, 0.05) is 6.20 Å². The van der Waals surface area contributed by atoms with Gasteiger partial charge in [0.25, 0.3) is 0 Å². The van der Waals surface area contributed by atoms with Crippen LogP contribution in [0.1, 0.15) is 31.2 Å². The first kappa shape index (κ1) is 12.9. The zero-order chi connectivity index (χ0) is 13.8. The van der Waals surface area contributed by atoms with Crippen LogP contribution in [0, 0.1) is 0 Å². The Bertz CT molecular complexity index is 581. The van der Waals surface area contributed by atoms with Crippen molar-refractivity contribution in [1.29, 1.82) is 0 Å². The van der Waals surface area contributed by atoms with E-state index in [1.165, 1.54) is 12.8 Å².